The number of nitrogens with two attached hydrogens (primary N) is 1. The first-order chi connectivity index (χ1) is 7.22. The summed E-state index contributed by atoms with van der Waals surface area (Å²) in [6.45, 7) is 7.48. The van der Waals surface area contributed by atoms with Gasteiger partial charge in [-0.3, -0.25) is 4.79 Å². The van der Waals surface area contributed by atoms with E-state index in [1.165, 1.54) is 0 Å². The first-order valence-corrected chi connectivity index (χ1v) is 4.77. The third-order valence-electron chi connectivity index (χ3n) is 2.54. The summed E-state index contributed by atoms with van der Waals surface area (Å²) >= 11 is 0. The van der Waals surface area contributed by atoms with Gasteiger partial charge in [0.1, 0.15) is 0 Å². The van der Waals surface area contributed by atoms with Crippen LogP contribution < -0.4 is 10.6 Å². The fraction of sp³-hybridized carbons (Fsp3) is 0.273. The molecule has 1 aliphatic rings. The third-order valence-corrected chi connectivity index (χ3v) is 2.54. The predicted octanol–water partition coefficient (Wildman–Crippen LogP) is 1.30. The molecular formula is C11H11N3O. The second-order valence-corrected chi connectivity index (χ2v) is 3.51. The van der Waals surface area contributed by atoms with Crippen molar-refractivity contribution in [1.29, 1.82) is 0 Å². The molecule has 1 fully saturated rings. The number of nitrogens with zero attached hydrogens (tertiary/aromatic N) is 2. The van der Waals surface area contributed by atoms with Crippen LogP contribution >= 0.6 is 0 Å². The summed E-state index contributed by atoms with van der Waals surface area (Å²) in [5, 5.41) is 0. The SMILES string of the molecule is [C-]#[N+]c1ccc(N2CCC(N)C2=O)cc1. The maximum absolute atomic E-state index is 11.6. The summed E-state index contributed by atoms with van der Waals surface area (Å²) in [5.74, 6) is -0.0365. The Labute approximate surface area is 88.1 Å². The van der Waals surface area contributed by atoms with Gasteiger partial charge in [0, 0.05) is 12.2 Å². The van der Waals surface area contributed by atoms with Gasteiger partial charge in [0.15, 0.2) is 5.69 Å². The van der Waals surface area contributed by atoms with Gasteiger partial charge in [0.05, 0.1) is 12.6 Å². The summed E-state index contributed by atoms with van der Waals surface area (Å²) in [7, 11) is 0. The normalized spacial score (nSPS) is 20.4. The number of carbonyl (C=O) groups is 1. The van der Waals surface area contributed by atoms with Crippen molar-refractivity contribution in [2.45, 2.75) is 12.5 Å². The Hall–Kier alpha value is -1.86. The minimum absolute atomic E-state index is 0.0365. The highest BCUT2D eigenvalue weighted by Gasteiger charge is 2.29. The molecule has 4 heteroatoms. The molecule has 1 unspecified atom stereocenters. The maximum Gasteiger partial charge on any atom is 0.243 e. The molecule has 15 heavy (non-hydrogen) atoms. The first-order valence-electron chi connectivity index (χ1n) is 4.77. The van der Waals surface area contributed by atoms with Crippen LogP contribution in [0.1, 0.15) is 6.42 Å². The van der Waals surface area contributed by atoms with Gasteiger partial charge in [0.2, 0.25) is 5.91 Å². The molecule has 76 valence electrons. The van der Waals surface area contributed by atoms with E-state index < -0.39 is 0 Å². The lowest BCUT2D eigenvalue weighted by atomic mass is 10.2. The van der Waals surface area contributed by atoms with E-state index in [4.69, 9.17) is 12.3 Å². The Morgan fingerprint density at radius 3 is 2.53 bits per heavy atom. The van der Waals surface area contributed by atoms with E-state index in [-0.39, 0.29) is 11.9 Å². The Morgan fingerprint density at radius 2 is 2.07 bits per heavy atom. The number of rotatable bonds is 1. The molecule has 1 atom stereocenters. The van der Waals surface area contributed by atoms with Crippen LogP contribution in [0, 0.1) is 6.57 Å². The standard InChI is InChI=1S/C11H11N3O/c1-13-8-2-4-9(5-3-8)14-7-6-10(12)11(14)15/h2-5,10H,6-7,12H2. The number of benzene rings is 1. The van der Waals surface area contributed by atoms with Crippen LogP contribution in [0.2, 0.25) is 0 Å². The van der Waals surface area contributed by atoms with Gasteiger partial charge in [-0.25, -0.2) is 4.85 Å². The Bertz CT molecular complexity index is 418. The molecule has 0 bridgehead atoms. The molecule has 4 nitrogen and oxygen atoms in total. The highest BCUT2D eigenvalue weighted by atomic mass is 16.2. The van der Waals surface area contributed by atoms with Gasteiger partial charge < -0.3 is 10.6 Å². The zero-order valence-electron chi connectivity index (χ0n) is 8.18. The quantitative estimate of drug-likeness (QED) is 0.696. The minimum Gasteiger partial charge on any atom is -0.320 e. The fourth-order valence-electron chi connectivity index (χ4n) is 1.67. The zero-order chi connectivity index (χ0) is 10.8. The summed E-state index contributed by atoms with van der Waals surface area (Å²) in [5.41, 5.74) is 7.02. The van der Waals surface area contributed by atoms with Crippen molar-refractivity contribution < 1.29 is 4.79 Å². The van der Waals surface area contributed by atoms with Crippen LogP contribution in [0.4, 0.5) is 11.4 Å². The average Bonchev–Trinajstić information content (AvgIpc) is 2.60. The van der Waals surface area contributed by atoms with E-state index in [0.717, 1.165) is 5.69 Å². The zero-order valence-corrected chi connectivity index (χ0v) is 8.18. The molecule has 1 amide bonds. The van der Waals surface area contributed by atoms with Crippen molar-refractivity contribution in [2.24, 2.45) is 5.73 Å². The van der Waals surface area contributed by atoms with Gasteiger partial charge in [-0.1, -0.05) is 12.1 Å². The van der Waals surface area contributed by atoms with Crippen LogP contribution in [-0.2, 0) is 4.79 Å². The van der Waals surface area contributed by atoms with Crippen LogP contribution in [0.5, 0.6) is 0 Å². The fourth-order valence-corrected chi connectivity index (χ4v) is 1.67. The van der Waals surface area contributed by atoms with Crippen LogP contribution in [0.25, 0.3) is 4.85 Å². The van der Waals surface area contributed by atoms with Crippen molar-refractivity contribution in [3.8, 4) is 0 Å². The van der Waals surface area contributed by atoms with E-state index in [0.29, 0.717) is 18.7 Å². The summed E-state index contributed by atoms with van der Waals surface area (Å²) in [4.78, 5) is 16.6. The summed E-state index contributed by atoms with van der Waals surface area (Å²) < 4.78 is 0. The Balaban J connectivity index is 2.24. The number of anilines is 1. The number of hydrogen-bond donors (Lipinski definition) is 1. The second-order valence-electron chi connectivity index (χ2n) is 3.51. The predicted molar refractivity (Wildman–Crippen MR) is 57.6 cm³/mol. The van der Waals surface area contributed by atoms with E-state index in [1.807, 2.05) is 0 Å². The average molecular weight is 201 g/mol. The minimum atomic E-state index is -0.370. The molecule has 0 aromatic heterocycles. The van der Waals surface area contributed by atoms with Crippen LogP contribution in [0.3, 0.4) is 0 Å². The van der Waals surface area contributed by atoms with E-state index in [1.54, 1.807) is 29.2 Å². The van der Waals surface area contributed by atoms with Gasteiger partial charge >= 0.3 is 0 Å². The largest absolute Gasteiger partial charge is 0.320 e. The molecule has 0 saturated carbocycles. The van der Waals surface area contributed by atoms with Gasteiger partial charge in [-0.2, -0.15) is 0 Å². The molecule has 1 heterocycles. The van der Waals surface area contributed by atoms with Crippen LogP contribution in [0.15, 0.2) is 24.3 Å². The second kappa shape index (κ2) is 3.71. The molecule has 1 aromatic carbocycles. The molecule has 2 rings (SSSR count). The van der Waals surface area contributed by atoms with E-state index in [2.05, 4.69) is 4.85 Å². The molecular weight excluding hydrogens is 190 g/mol. The number of amides is 1. The topological polar surface area (TPSA) is 50.7 Å². The summed E-state index contributed by atoms with van der Waals surface area (Å²) in [6, 6.07) is 6.61. The molecule has 0 spiro atoms. The van der Waals surface area contributed by atoms with Gasteiger partial charge in [-0.15, -0.1) is 0 Å². The van der Waals surface area contributed by atoms with Crippen molar-refractivity contribution in [2.75, 3.05) is 11.4 Å². The number of carbonyl (C=O) groups excluding carboxylic acids is 1. The van der Waals surface area contributed by atoms with Crippen molar-refractivity contribution in [1.82, 2.24) is 0 Å². The maximum atomic E-state index is 11.6. The Morgan fingerprint density at radius 1 is 1.40 bits per heavy atom. The highest BCUT2D eigenvalue weighted by molar-refractivity contribution is 5.99. The molecule has 0 radical (unpaired) electrons. The monoisotopic (exact) mass is 201 g/mol. The number of hydrogen-bond acceptors (Lipinski definition) is 2. The molecule has 0 aliphatic carbocycles. The van der Waals surface area contributed by atoms with Gasteiger partial charge in [-0.05, 0) is 18.6 Å². The Kier molecular flexibility index (Phi) is 2.40. The highest BCUT2D eigenvalue weighted by Crippen LogP contribution is 2.23. The van der Waals surface area contributed by atoms with Crippen molar-refractivity contribution in [3.63, 3.8) is 0 Å². The first kappa shape index (κ1) is 9.69. The van der Waals surface area contributed by atoms with E-state index >= 15 is 0 Å². The lowest BCUT2D eigenvalue weighted by Crippen LogP contribution is -2.33. The lowest BCUT2D eigenvalue weighted by molar-refractivity contribution is -0.118. The molecule has 2 N–H and O–H groups in total. The molecule has 1 aromatic rings. The summed E-state index contributed by atoms with van der Waals surface area (Å²) in [6.07, 6.45) is 0.698. The smallest absolute Gasteiger partial charge is 0.243 e. The lowest BCUT2D eigenvalue weighted by Gasteiger charge is -2.15. The van der Waals surface area contributed by atoms with Crippen molar-refractivity contribution >= 4 is 17.3 Å². The molecule has 1 aliphatic heterocycles. The third kappa shape index (κ3) is 1.69. The van der Waals surface area contributed by atoms with Crippen LogP contribution in [-0.4, -0.2) is 18.5 Å². The molecule has 1 saturated heterocycles. The van der Waals surface area contributed by atoms with Crippen molar-refractivity contribution in [3.05, 3.63) is 35.7 Å². The van der Waals surface area contributed by atoms with Gasteiger partial charge in [0.25, 0.3) is 0 Å². The van der Waals surface area contributed by atoms with E-state index in [9.17, 15) is 4.79 Å².